The summed E-state index contributed by atoms with van der Waals surface area (Å²) in [5, 5.41) is 12.4. The van der Waals surface area contributed by atoms with Crippen LogP contribution in [-0.2, 0) is 9.59 Å². The SMILES string of the molecule is Cc1cc(=O)oc2cc(O[C@@H](C)C(=O)N[C@H](C(=O)O)C(C)C)ccc12. The molecule has 0 aliphatic rings. The fourth-order valence-electron chi connectivity index (χ4n) is 2.42. The zero-order chi connectivity index (χ0) is 18.7. The highest BCUT2D eigenvalue weighted by atomic mass is 16.5. The molecule has 0 fully saturated rings. The molecule has 2 atom stereocenters. The zero-order valence-electron chi connectivity index (χ0n) is 14.5. The average Bonchev–Trinajstić information content (AvgIpc) is 2.50. The molecular formula is C18H21NO6. The summed E-state index contributed by atoms with van der Waals surface area (Å²) >= 11 is 0. The normalized spacial score (nSPS) is 13.5. The lowest BCUT2D eigenvalue weighted by atomic mass is 10.0. The lowest BCUT2D eigenvalue weighted by Gasteiger charge is -2.21. The van der Waals surface area contributed by atoms with Crippen LogP contribution in [0.1, 0.15) is 26.3 Å². The van der Waals surface area contributed by atoms with E-state index in [0.29, 0.717) is 11.3 Å². The van der Waals surface area contributed by atoms with E-state index in [4.69, 9.17) is 14.3 Å². The van der Waals surface area contributed by atoms with Crippen molar-refractivity contribution in [2.75, 3.05) is 0 Å². The Morgan fingerprint density at radius 2 is 1.88 bits per heavy atom. The van der Waals surface area contributed by atoms with Crippen LogP contribution in [-0.4, -0.2) is 29.1 Å². The number of carbonyl (C=O) groups is 2. The van der Waals surface area contributed by atoms with Crippen molar-refractivity contribution in [3.8, 4) is 5.75 Å². The minimum atomic E-state index is -1.10. The molecule has 134 valence electrons. The number of nitrogens with one attached hydrogen (secondary N) is 1. The van der Waals surface area contributed by atoms with Crippen molar-refractivity contribution >= 4 is 22.8 Å². The summed E-state index contributed by atoms with van der Waals surface area (Å²) in [4.78, 5) is 34.8. The van der Waals surface area contributed by atoms with Crippen LogP contribution in [0.15, 0.2) is 33.5 Å². The molecule has 0 spiro atoms. The summed E-state index contributed by atoms with van der Waals surface area (Å²) in [6.07, 6.45) is -0.908. The first-order valence-electron chi connectivity index (χ1n) is 7.93. The molecule has 2 aromatic rings. The lowest BCUT2D eigenvalue weighted by Crippen LogP contribution is -2.48. The number of fused-ring (bicyclic) bond motifs is 1. The molecule has 0 saturated carbocycles. The highest BCUT2D eigenvalue weighted by Gasteiger charge is 2.26. The fraction of sp³-hybridized carbons (Fsp3) is 0.389. The van der Waals surface area contributed by atoms with Crippen molar-refractivity contribution in [3.63, 3.8) is 0 Å². The Labute approximate surface area is 144 Å². The molecular weight excluding hydrogens is 326 g/mol. The summed E-state index contributed by atoms with van der Waals surface area (Å²) < 4.78 is 10.7. The summed E-state index contributed by atoms with van der Waals surface area (Å²) in [5.41, 5.74) is 0.680. The van der Waals surface area contributed by atoms with E-state index in [2.05, 4.69) is 5.32 Å². The van der Waals surface area contributed by atoms with Crippen LogP contribution in [0.3, 0.4) is 0 Å². The average molecular weight is 347 g/mol. The number of carbonyl (C=O) groups excluding carboxylic acids is 1. The van der Waals surface area contributed by atoms with Crippen molar-refractivity contribution in [3.05, 3.63) is 40.2 Å². The molecule has 1 heterocycles. The van der Waals surface area contributed by atoms with Crippen LogP contribution in [0.2, 0.25) is 0 Å². The number of aliphatic carboxylic acids is 1. The van der Waals surface area contributed by atoms with E-state index in [0.717, 1.165) is 10.9 Å². The van der Waals surface area contributed by atoms with E-state index in [1.807, 2.05) is 0 Å². The first-order valence-corrected chi connectivity index (χ1v) is 7.93. The maximum Gasteiger partial charge on any atom is 0.336 e. The largest absolute Gasteiger partial charge is 0.481 e. The predicted octanol–water partition coefficient (Wildman–Crippen LogP) is 2.09. The molecule has 7 heteroatoms. The highest BCUT2D eigenvalue weighted by molar-refractivity contribution is 5.86. The van der Waals surface area contributed by atoms with Crippen LogP contribution in [0.25, 0.3) is 11.0 Å². The van der Waals surface area contributed by atoms with Gasteiger partial charge in [-0.3, -0.25) is 4.79 Å². The maximum atomic E-state index is 12.2. The second-order valence-electron chi connectivity index (χ2n) is 6.24. The van der Waals surface area contributed by atoms with Gasteiger partial charge in [0.25, 0.3) is 5.91 Å². The molecule has 1 amide bonds. The molecule has 0 unspecified atom stereocenters. The standard InChI is InChI=1S/C18H21NO6/c1-9(2)16(18(22)23)19-17(21)11(4)24-12-5-6-13-10(3)7-15(20)25-14(13)8-12/h5-9,11,16H,1-4H3,(H,19,21)(H,22,23)/t11-,16-/m0/s1. The molecule has 2 N–H and O–H groups in total. The second-order valence-corrected chi connectivity index (χ2v) is 6.24. The number of benzene rings is 1. The van der Waals surface area contributed by atoms with E-state index >= 15 is 0 Å². The van der Waals surface area contributed by atoms with Crippen LogP contribution in [0.4, 0.5) is 0 Å². The van der Waals surface area contributed by atoms with Gasteiger partial charge >= 0.3 is 11.6 Å². The number of carboxylic acid groups (broad SMARTS) is 1. The first-order chi connectivity index (χ1) is 11.7. The van der Waals surface area contributed by atoms with Gasteiger partial charge < -0.3 is 19.6 Å². The van der Waals surface area contributed by atoms with Gasteiger partial charge in [0, 0.05) is 17.5 Å². The smallest absolute Gasteiger partial charge is 0.336 e. The van der Waals surface area contributed by atoms with Crippen LogP contribution in [0.5, 0.6) is 5.75 Å². The maximum absolute atomic E-state index is 12.2. The highest BCUT2D eigenvalue weighted by Crippen LogP contribution is 2.23. The van der Waals surface area contributed by atoms with Gasteiger partial charge in [0.2, 0.25) is 0 Å². The Kier molecular flexibility index (Phi) is 5.46. The third kappa shape index (κ3) is 4.37. The third-order valence-electron chi connectivity index (χ3n) is 3.84. The van der Waals surface area contributed by atoms with Gasteiger partial charge in [0.15, 0.2) is 6.10 Å². The van der Waals surface area contributed by atoms with Gasteiger partial charge in [0.05, 0.1) is 0 Å². The van der Waals surface area contributed by atoms with Crippen LogP contribution < -0.4 is 15.7 Å². The van der Waals surface area contributed by atoms with Gasteiger partial charge in [0.1, 0.15) is 17.4 Å². The van der Waals surface area contributed by atoms with E-state index < -0.39 is 29.6 Å². The van der Waals surface area contributed by atoms with E-state index in [9.17, 15) is 14.4 Å². The lowest BCUT2D eigenvalue weighted by molar-refractivity contribution is -0.144. The molecule has 1 aromatic heterocycles. The topological polar surface area (TPSA) is 106 Å². The summed E-state index contributed by atoms with van der Waals surface area (Å²) in [7, 11) is 0. The van der Waals surface area contributed by atoms with Gasteiger partial charge in [-0.1, -0.05) is 13.8 Å². The van der Waals surface area contributed by atoms with Crippen LogP contribution in [0, 0.1) is 12.8 Å². The molecule has 0 aliphatic carbocycles. The molecule has 0 bridgehead atoms. The van der Waals surface area contributed by atoms with Gasteiger partial charge in [-0.15, -0.1) is 0 Å². The number of aryl methyl sites for hydroxylation is 1. The van der Waals surface area contributed by atoms with Crippen molar-refractivity contribution in [2.24, 2.45) is 5.92 Å². The Hall–Kier alpha value is -2.83. The zero-order valence-corrected chi connectivity index (χ0v) is 14.5. The third-order valence-corrected chi connectivity index (χ3v) is 3.84. The summed E-state index contributed by atoms with van der Waals surface area (Å²) in [6.45, 7) is 6.73. The molecule has 1 aromatic carbocycles. The molecule has 7 nitrogen and oxygen atoms in total. The van der Waals surface area contributed by atoms with Gasteiger partial charge in [-0.05, 0) is 37.5 Å². The quantitative estimate of drug-likeness (QED) is 0.775. The van der Waals surface area contributed by atoms with E-state index in [-0.39, 0.29) is 5.92 Å². The number of amides is 1. The second kappa shape index (κ2) is 7.38. The number of hydrogen-bond acceptors (Lipinski definition) is 5. The molecule has 25 heavy (non-hydrogen) atoms. The molecule has 0 radical (unpaired) electrons. The Balaban J connectivity index is 2.15. The van der Waals surface area contributed by atoms with E-state index in [1.54, 1.807) is 32.9 Å². The first kappa shape index (κ1) is 18.5. The van der Waals surface area contributed by atoms with Crippen molar-refractivity contribution < 1.29 is 23.8 Å². The van der Waals surface area contributed by atoms with Gasteiger partial charge in [-0.25, -0.2) is 9.59 Å². The fourth-order valence-corrected chi connectivity index (χ4v) is 2.42. The molecule has 2 rings (SSSR count). The van der Waals surface area contributed by atoms with Crippen molar-refractivity contribution in [1.29, 1.82) is 0 Å². The van der Waals surface area contributed by atoms with Crippen molar-refractivity contribution in [2.45, 2.75) is 39.8 Å². The Morgan fingerprint density at radius 1 is 1.20 bits per heavy atom. The summed E-state index contributed by atoms with van der Waals surface area (Å²) in [5.74, 6) is -1.54. The molecule has 0 aliphatic heterocycles. The predicted molar refractivity (Wildman–Crippen MR) is 91.7 cm³/mol. The summed E-state index contributed by atoms with van der Waals surface area (Å²) in [6, 6.07) is 5.34. The van der Waals surface area contributed by atoms with Gasteiger partial charge in [-0.2, -0.15) is 0 Å². The minimum absolute atomic E-state index is 0.258. The minimum Gasteiger partial charge on any atom is -0.481 e. The number of rotatable bonds is 6. The Bertz CT molecular complexity index is 854. The number of ether oxygens (including phenoxy) is 1. The van der Waals surface area contributed by atoms with Crippen LogP contribution >= 0.6 is 0 Å². The number of carboxylic acids is 1. The Morgan fingerprint density at radius 3 is 2.48 bits per heavy atom. The van der Waals surface area contributed by atoms with E-state index in [1.165, 1.54) is 19.1 Å². The number of hydrogen-bond donors (Lipinski definition) is 2. The van der Waals surface area contributed by atoms with Crippen molar-refractivity contribution in [1.82, 2.24) is 5.32 Å². The molecule has 0 saturated heterocycles. The monoisotopic (exact) mass is 347 g/mol.